The highest BCUT2D eigenvalue weighted by molar-refractivity contribution is 5.71. The quantitative estimate of drug-likeness (QED) is 0.655. The number of hydrogen-bond acceptors (Lipinski definition) is 2. The van der Waals surface area contributed by atoms with Gasteiger partial charge < -0.3 is 0 Å². The van der Waals surface area contributed by atoms with E-state index in [4.69, 9.17) is 5.26 Å². The highest BCUT2D eigenvalue weighted by atomic mass is 19.1. The van der Waals surface area contributed by atoms with E-state index in [9.17, 15) is 4.39 Å². The van der Waals surface area contributed by atoms with Gasteiger partial charge in [0.1, 0.15) is 11.9 Å². The fourth-order valence-corrected chi connectivity index (χ4v) is 5.81. The maximum absolute atomic E-state index is 14.3. The number of piperidine rings is 1. The predicted octanol–water partition coefficient (Wildman–Crippen LogP) is 6.01. The van der Waals surface area contributed by atoms with Gasteiger partial charge in [0.15, 0.2) is 0 Å². The molecule has 3 aliphatic rings. The fraction of sp³-hybridized carbons (Fsp3) is 0.480. The zero-order chi connectivity index (χ0) is 19.5. The average Bonchev–Trinajstić information content (AvgIpc) is 3.41. The molecule has 144 valence electrons. The number of nitriles is 1. The van der Waals surface area contributed by atoms with Crippen LogP contribution in [0.2, 0.25) is 0 Å². The van der Waals surface area contributed by atoms with Crippen LogP contribution in [0.25, 0.3) is 11.1 Å². The van der Waals surface area contributed by atoms with Gasteiger partial charge in [0.05, 0.1) is 5.56 Å². The molecule has 28 heavy (non-hydrogen) atoms. The van der Waals surface area contributed by atoms with Crippen molar-refractivity contribution < 1.29 is 4.39 Å². The van der Waals surface area contributed by atoms with Crippen LogP contribution in [0.1, 0.15) is 68.6 Å². The van der Waals surface area contributed by atoms with Gasteiger partial charge in [0.25, 0.3) is 0 Å². The third-order valence-electron chi connectivity index (χ3n) is 7.35. The molecule has 5 rings (SSSR count). The Kier molecular flexibility index (Phi) is 3.93. The van der Waals surface area contributed by atoms with Crippen molar-refractivity contribution in [3.63, 3.8) is 0 Å². The minimum Gasteiger partial charge on any atom is -0.293 e. The van der Waals surface area contributed by atoms with Crippen LogP contribution in [0.15, 0.2) is 36.4 Å². The number of hydrogen-bond donors (Lipinski definition) is 0. The zero-order valence-corrected chi connectivity index (χ0v) is 16.8. The number of likely N-dealkylation sites (tertiary alicyclic amines) is 1. The lowest BCUT2D eigenvalue weighted by Gasteiger charge is -2.37. The molecule has 2 atom stereocenters. The fourth-order valence-electron chi connectivity index (χ4n) is 5.81. The van der Waals surface area contributed by atoms with Crippen molar-refractivity contribution in [3.05, 3.63) is 58.9 Å². The first-order valence-electron chi connectivity index (χ1n) is 10.5. The van der Waals surface area contributed by atoms with E-state index in [0.717, 1.165) is 17.7 Å². The predicted molar refractivity (Wildman–Crippen MR) is 109 cm³/mol. The Morgan fingerprint density at radius 3 is 2.61 bits per heavy atom. The van der Waals surface area contributed by atoms with Gasteiger partial charge in [0, 0.05) is 18.6 Å². The summed E-state index contributed by atoms with van der Waals surface area (Å²) in [5.74, 6) is 0.164. The number of halogens is 1. The van der Waals surface area contributed by atoms with E-state index < -0.39 is 5.82 Å². The Morgan fingerprint density at radius 2 is 2.00 bits per heavy atom. The van der Waals surface area contributed by atoms with Gasteiger partial charge in [-0.25, -0.2) is 4.39 Å². The highest BCUT2D eigenvalue weighted by Gasteiger charge is 2.53. The zero-order valence-electron chi connectivity index (χ0n) is 16.8. The summed E-state index contributed by atoms with van der Waals surface area (Å²) in [5.41, 5.74) is 5.76. The number of benzene rings is 2. The molecule has 0 amide bonds. The monoisotopic (exact) mass is 374 g/mol. The molecule has 2 bridgehead atoms. The third kappa shape index (κ3) is 2.86. The lowest BCUT2D eigenvalue weighted by molar-refractivity contribution is 0.109. The van der Waals surface area contributed by atoms with E-state index in [-0.39, 0.29) is 5.56 Å². The van der Waals surface area contributed by atoms with Gasteiger partial charge >= 0.3 is 0 Å². The summed E-state index contributed by atoms with van der Waals surface area (Å²) in [6.45, 7) is 7.05. The molecule has 0 radical (unpaired) electrons. The van der Waals surface area contributed by atoms with Crippen LogP contribution in [0.3, 0.4) is 0 Å². The molecule has 0 spiro atoms. The minimum atomic E-state index is -0.426. The van der Waals surface area contributed by atoms with Crippen LogP contribution < -0.4 is 0 Å². The summed E-state index contributed by atoms with van der Waals surface area (Å²) >= 11 is 0. The van der Waals surface area contributed by atoms with Crippen LogP contribution in [0, 0.1) is 22.6 Å². The van der Waals surface area contributed by atoms with Gasteiger partial charge in [-0.2, -0.15) is 5.26 Å². The van der Waals surface area contributed by atoms with Crippen molar-refractivity contribution in [2.24, 2.45) is 5.41 Å². The van der Waals surface area contributed by atoms with E-state index in [0.29, 0.717) is 16.9 Å². The average molecular weight is 375 g/mol. The lowest BCUT2D eigenvalue weighted by Crippen LogP contribution is -2.42. The lowest BCUT2D eigenvalue weighted by atomic mass is 9.89. The third-order valence-corrected chi connectivity index (χ3v) is 7.35. The van der Waals surface area contributed by atoms with E-state index in [1.165, 1.54) is 55.8 Å². The molecule has 3 heteroatoms. The van der Waals surface area contributed by atoms with Crippen molar-refractivity contribution in [2.45, 2.75) is 64.0 Å². The molecular formula is C25H27FN2. The second-order valence-electron chi connectivity index (χ2n) is 9.80. The molecule has 1 heterocycles. The highest BCUT2D eigenvalue weighted by Crippen LogP contribution is 2.55. The van der Waals surface area contributed by atoms with Crippen LogP contribution in [-0.4, -0.2) is 17.0 Å². The Balaban J connectivity index is 1.53. The molecule has 1 saturated heterocycles. The van der Waals surface area contributed by atoms with E-state index in [1.807, 2.05) is 12.1 Å². The molecular weight excluding hydrogens is 347 g/mol. The molecule has 2 aromatic carbocycles. The van der Waals surface area contributed by atoms with Crippen LogP contribution in [0.5, 0.6) is 0 Å². The Labute approximate surface area is 167 Å². The van der Waals surface area contributed by atoms with Gasteiger partial charge in [0.2, 0.25) is 0 Å². The van der Waals surface area contributed by atoms with Gasteiger partial charge in [-0.05, 0) is 84.7 Å². The molecule has 2 aromatic rings. The second kappa shape index (κ2) is 6.16. The molecule has 0 aromatic heterocycles. The maximum atomic E-state index is 14.3. The minimum absolute atomic E-state index is 0.113. The SMILES string of the molecule is C[C@@]12CC[C@@](C)(C1)N(Cc1cccc(-c3ccc(C#N)c(F)c3)c1C1CC1)C2. The van der Waals surface area contributed by atoms with E-state index >= 15 is 0 Å². The number of fused-ring (bicyclic) bond motifs is 2. The number of nitrogens with zero attached hydrogens (tertiary/aromatic N) is 2. The van der Waals surface area contributed by atoms with Crippen LogP contribution >= 0.6 is 0 Å². The molecule has 2 saturated carbocycles. The summed E-state index contributed by atoms with van der Waals surface area (Å²) < 4.78 is 14.3. The summed E-state index contributed by atoms with van der Waals surface area (Å²) in [6, 6.07) is 13.5. The first-order chi connectivity index (χ1) is 13.4. The topological polar surface area (TPSA) is 27.0 Å². The second-order valence-corrected chi connectivity index (χ2v) is 9.80. The molecule has 0 unspecified atom stereocenters. The van der Waals surface area contributed by atoms with Crippen molar-refractivity contribution in [3.8, 4) is 17.2 Å². The Bertz CT molecular complexity index is 987. The maximum Gasteiger partial charge on any atom is 0.141 e. The van der Waals surface area contributed by atoms with Crippen molar-refractivity contribution in [1.82, 2.24) is 4.90 Å². The first kappa shape index (κ1) is 17.9. The molecule has 0 N–H and O–H groups in total. The molecule has 2 nitrogen and oxygen atoms in total. The van der Waals surface area contributed by atoms with Crippen molar-refractivity contribution in [1.29, 1.82) is 5.26 Å². The van der Waals surface area contributed by atoms with E-state index in [1.54, 1.807) is 6.07 Å². The number of rotatable bonds is 4. The molecule has 1 aliphatic heterocycles. The largest absolute Gasteiger partial charge is 0.293 e. The van der Waals surface area contributed by atoms with E-state index in [2.05, 4.69) is 36.9 Å². The summed E-state index contributed by atoms with van der Waals surface area (Å²) in [6.07, 6.45) is 6.39. The summed E-state index contributed by atoms with van der Waals surface area (Å²) in [4.78, 5) is 2.70. The normalized spacial score (nSPS) is 29.2. The van der Waals surface area contributed by atoms with Gasteiger partial charge in [-0.15, -0.1) is 0 Å². The Morgan fingerprint density at radius 1 is 1.18 bits per heavy atom. The van der Waals surface area contributed by atoms with Crippen molar-refractivity contribution >= 4 is 0 Å². The van der Waals surface area contributed by atoms with Crippen LogP contribution in [-0.2, 0) is 6.54 Å². The van der Waals surface area contributed by atoms with Gasteiger partial charge in [-0.3, -0.25) is 4.90 Å². The molecule has 3 fully saturated rings. The summed E-state index contributed by atoms with van der Waals surface area (Å²) in [7, 11) is 0. The first-order valence-corrected chi connectivity index (χ1v) is 10.5. The standard InChI is InChI=1S/C25H27FN2/c1-24-10-11-25(2,15-24)28(16-24)14-20-4-3-5-21(23(20)17-6-7-17)18-8-9-19(13-27)22(26)12-18/h3-5,8-9,12,17H,6-7,10-11,14-16H2,1-2H3/t24-,25+/m1/s1. The summed E-state index contributed by atoms with van der Waals surface area (Å²) in [5, 5.41) is 9.04. The van der Waals surface area contributed by atoms with Gasteiger partial charge in [-0.1, -0.05) is 31.2 Å². The Hall–Kier alpha value is -2.18. The molecule has 2 aliphatic carbocycles. The smallest absolute Gasteiger partial charge is 0.141 e. The van der Waals surface area contributed by atoms with Crippen LogP contribution in [0.4, 0.5) is 4.39 Å². The van der Waals surface area contributed by atoms with Crippen molar-refractivity contribution in [2.75, 3.05) is 6.54 Å².